The molecule has 1 amide bonds. The lowest BCUT2D eigenvalue weighted by Gasteiger charge is -2.08. The molecule has 5 nitrogen and oxygen atoms in total. The predicted molar refractivity (Wildman–Crippen MR) is 93.1 cm³/mol. The van der Waals surface area contributed by atoms with Crippen molar-refractivity contribution in [1.29, 1.82) is 0 Å². The number of carbonyl (C=O) groups is 1. The Hall–Kier alpha value is -2.32. The second-order valence-electron chi connectivity index (χ2n) is 6.22. The van der Waals surface area contributed by atoms with Gasteiger partial charge in [-0.25, -0.2) is 21.9 Å². The summed E-state index contributed by atoms with van der Waals surface area (Å²) in [6, 6.07) is 9.52. The fourth-order valence-corrected chi connectivity index (χ4v) is 3.68. The first-order valence-corrected chi connectivity index (χ1v) is 9.68. The van der Waals surface area contributed by atoms with Crippen molar-refractivity contribution >= 4 is 21.6 Å². The summed E-state index contributed by atoms with van der Waals surface area (Å²) in [4.78, 5) is 12.1. The number of hydrogen-bond acceptors (Lipinski definition) is 3. The fraction of sp³-hybridized carbons (Fsp3) is 0.278. The molecular weight excluding hydrogens is 362 g/mol. The minimum absolute atomic E-state index is 0.0414. The average Bonchev–Trinajstić information content (AvgIpc) is 3.40. The molecule has 0 aliphatic heterocycles. The summed E-state index contributed by atoms with van der Waals surface area (Å²) in [5.74, 6) is -2.35. The maximum atomic E-state index is 13.1. The highest BCUT2D eigenvalue weighted by Crippen LogP contribution is 2.22. The van der Waals surface area contributed by atoms with E-state index in [-0.39, 0.29) is 29.0 Å². The Bertz CT molecular complexity index is 911. The summed E-state index contributed by atoms with van der Waals surface area (Å²) >= 11 is 0. The van der Waals surface area contributed by atoms with Crippen molar-refractivity contribution in [2.24, 2.45) is 0 Å². The molecule has 0 spiro atoms. The van der Waals surface area contributed by atoms with Gasteiger partial charge >= 0.3 is 0 Å². The van der Waals surface area contributed by atoms with Gasteiger partial charge in [-0.15, -0.1) is 0 Å². The van der Waals surface area contributed by atoms with Gasteiger partial charge < -0.3 is 5.32 Å². The van der Waals surface area contributed by atoms with E-state index in [9.17, 15) is 22.0 Å². The molecular formula is C18H18F2N2O3S. The van der Waals surface area contributed by atoms with E-state index < -0.39 is 21.7 Å². The van der Waals surface area contributed by atoms with E-state index in [1.54, 1.807) is 12.1 Å². The number of halogens is 2. The second-order valence-corrected chi connectivity index (χ2v) is 7.93. The Kier molecular flexibility index (Phi) is 5.33. The lowest BCUT2D eigenvalue weighted by molar-refractivity contribution is -0.116. The Morgan fingerprint density at radius 2 is 1.73 bits per heavy atom. The van der Waals surface area contributed by atoms with Gasteiger partial charge in [0.25, 0.3) is 0 Å². The summed E-state index contributed by atoms with van der Waals surface area (Å²) < 4.78 is 52.7. The van der Waals surface area contributed by atoms with Crippen LogP contribution in [0.1, 0.15) is 24.8 Å². The molecule has 2 aromatic carbocycles. The van der Waals surface area contributed by atoms with E-state index in [4.69, 9.17) is 0 Å². The Morgan fingerprint density at radius 1 is 1.04 bits per heavy atom. The molecule has 8 heteroatoms. The first-order valence-electron chi connectivity index (χ1n) is 8.20. The fourth-order valence-electron chi connectivity index (χ4n) is 2.38. The first-order chi connectivity index (χ1) is 12.3. The van der Waals surface area contributed by atoms with Gasteiger partial charge in [0.1, 0.15) is 0 Å². The SMILES string of the molecule is O=C(CCc1ccc(S(=O)(=O)NC2CC2)cc1)Nc1ccc(F)c(F)c1. The molecule has 3 rings (SSSR count). The van der Waals surface area contributed by atoms with Gasteiger partial charge in [-0.1, -0.05) is 12.1 Å². The third kappa shape index (κ3) is 4.86. The molecule has 1 saturated carbocycles. The van der Waals surface area contributed by atoms with Gasteiger partial charge in [-0.3, -0.25) is 4.79 Å². The standard InChI is InChI=1S/C18H18F2N2O3S/c19-16-9-6-14(11-17(16)20)21-18(23)10-3-12-1-7-15(8-2-12)26(24,25)22-13-4-5-13/h1-2,6-9,11,13,22H,3-5,10H2,(H,21,23). The number of rotatable bonds is 7. The molecule has 0 heterocycles. The topological polar surface area (TPSA) is 75.3 Å². The largest absolute Gasteiger partial charge is 0.326 e. The average molecular weight is 380 g/mol. The minimum atomic E-state index is -3.49. The zero-order valence-electron chi connectivity index (χ0n) is 13.8. The van der Waals surface area contributed by atoms with E-state index in [0.29, 0.717) is 6.42 Å². The molecule has 2 N–H and O–H groups in total. The van der Waals surface area contributed by atoms with Crippen LogP contribution >= 0.6 is 0 Å². The molecule has 2 aromatic rings. The van der Waals surface area contributed by atoms with Crippen LogP contribution in [-0.4, -0.2) is 20.4 Å². The highest BCUT2D eigenvalue weighted by Gasteiger charge is 2.27. The second kappa shape index (κ2) is 7.51. The highest BCUT2D eigenvalue weighted by molar-refractivity contribution is 7.89. The Balaban J connectivity index is 1.54. The first kappa shape index (κ1) is 18.5. The van der Waals surface area contributed by atoms with Crippen molar-refractivity contribution in [3.63, 3.8) is 0 Å². The van der Waals surface area contributed by atoms with Gasteiger partial charge in [-0.05, 0) is 49.1 Å². The highest BCUT2D eigenvalue weighted by atomic mass is 32.2. The molecule has 1 aliphatic carbocycles. The van der Waals surface area contributed by atoms with Gasteiger partial charge in [0.05, 0.1) is 4.90 Å². The quantitative estimate of drug-likeness (QED) is 0.775. The van der Waals surface area contributed by atoms with Crippen LogP contribution in [0.4, 0.5) is 14.5 Å². The van der Waals surface area contributed by atoms with Crippen LogP contribution in [0.25, 0.3) is 0 Å². The van der Waals surface area contributed by atoms with Gasteiger partial charge in [-0.2, -0.15) is 0 Å². The van der Waals surface area contributed by atoms with Gasteiger partial charge in [0.2, 0.25) is 15.9 Å². The van der Waals surface area contributed by atoms with E-state index in [1.807, 2.05) is 0 Å². The van der Waals surface area contributed by atoms with E-state index in [0.717, 1.165) is 30.5 Å². The number of carbonyl (C=O) groups excluding carboxylic acids is 1. The molecule has 0 saturated heterocycles. The molecule has 0 bridgehead atoms. The number of amides is 1. The molecule has 0 unspecified atom stereocenters. The molecule has 0 aromatic heterocycles. The Morgan fingerprint density at radius 3 is 2.35 bits per heavy atom. The maximum absolute atomic E-state index is 13.1. The lowest BCUT2D eigenvalue weighted by atomic mass is 10.1. The van der Waals surface area contributed by atoms with Crippen LogP contribution in [0.2, 0.25) is 0 Å². The zero-order chi connectivity index (χ0) is 18.7. The maximum Gasteiger partial charge on any atom is 0.240 e. The molecule has 1 aliphatic rings. The summed E-state index contributed by atoms with van der Waals surface area (Å²) in [6.07, 6.45) is 2.26. The summed E-state index contributed by atoms with van der Waals surface area (Å²) in [5.41, 5.74) is 0.984. The van der Waals surface area contributed by atoms with Crippen molar-refractivity contribution < 1.29 is 22.0 Å². The predicted octanol–water partition coefficient (Wildman–Crippen LogP) is 2.98. The van der Waals surface area contributed by atoms with Crippen LogP contribution in [0.15, 0.2) is 47.4 Å². The van der Waals surface area contributed by atoms with Gasteiger partial charge in [0.15, 0.2) is 11.6 Å². The summed E-state index contributed by atoms with van der Waals surface area (Å²) in [7, 11) is -3.49. The third-order valence-electron chi connectivity index (χ3n) is 3.98. The van der Waals surface area contributed by atoms with Crippen LogP contribution in [0.3, 0.4) is 0 Å². The number of benzene rings is 2. The normalized spacial score (nSPS) is 14.2. The molecule has 1 fully saturated rings. The number of hydrogen-bond donors (Lipinski definition) is 2. The van der Waals surface area contributed by atoms with Crippen molar-refractivity contribution in [1.82, 2.24) is 4.72 Å². The van der Waals surface area contributed by atoms with E-state index >= 15 is 0 Å². The molecule has 0 radical (unpaired) electrons. The minimum Gasteiger partial charge on any atom is -0.326 e. The van der Waals surface area contributed by atoms with Gasteiger partial charge in [0, 0.05) is 24.2 Å². The summed E-state index contributed by atoms with van der Waals surface area (Å²) in [6.45, 7) is 0. The van der Waals surface area contributed by atoms with Crippen LogP contribution in [0, 0.1) is 11.6 Å². The van der Waals surface area contributed by atoms with Crippen LogP contribution in [0.5, 0.6) is 0 Å². The van der Waals surface area contributed by atoms with Crippen molar-refractivity contribution in [3.8, 4) is 0 Å². The van der Waals surface area contributed by atoms with Crippen LogP contribution < -0.4 is 10.0 Å². The Labute approximate surface area is 150 Å². The third-order valence-corrected chi connectivity index (χ3v) is 5.51. The lowest BCUT2D eigenvalue weighted by Crippen LogP contribution is -2.25. The van der Waals surface area contributed by atoms with E-state index in [2.05, 4.69) is 10.0 Å². The van der Waals surface area contributed by atoms with Crippen molar-refractivity contribution in [2.45, 2.75) is 36.6 Å². The molecule has 0 atom stereocenters. The number of aryl methyl sites for hydroxylation is 1. The summed E-state index contributed by atoms with van der Waals surface area (Å²) in [5, 5.41) is 2.49. The number of anilines is 1. The molecule has 138 valence electrons. The van der Waals surface area contributed by atoms with Crippen LogP contribution in [-0.2, 0) is 21.2 Å². The molecule has 26 heavy (non-hydrogen) atoms. The number of sulfonamides is 1. The number of nitrogens with one attached hydrogen (secondary N) is 2. The smallest absolute Gasteiger partial charge is 0.240 e. The zero-order valence-corrected chi connectivity index (χ0v) is 14.7. The van der Waals surface area contributed by atoms with Crippen molar-refractivity contribution in [3.05, 3.63) is 59.7 Å². The van der Waals surface area contributed by atoms with E-state index in [1.165, 1.54) is 18.2 Å². The monoisotopic (exact) mass is 380 g/mol. The van der Waals surface area contributed by atoms with Crippen molar-refractivity contribution in [2.75, 3.05) is 5.32 Å².